The van der Waals surface area contributed by atoms with E-state index >= 15 is 0 Å². The zero-order valence-corrected chi connectivity index (χ0v) is 10.5. The van der Waals surface area contributed by atoms with Crippen LogP contribution in [0.15, 0.2) is 12.1 Å². The minimum atomic E-state index is 0.118. The molecule has 4 N–H and O–H groups in total. The van der Waals surface area contributed by atoms with Gasteiger partial charge in [0.15, 0.2) is 0 Å². The first-order valence-corrected chi connectivity index (χ1v) is 6.03. The van der Waals surface area contributed by atoms with E-state index in [1.165, 1.54) is 0 Å². The first-order valence-electron chi connectivity index (χ1n) is 5.65. The molecule has 1 atom stereocenters. The van der Waals surface area contributed by atoms with Gasteiger partial charge in [0, 0.05) is 24.0 Å². The molecule has 5 heteroatoms. The Morgan fingerprint density at radius 1 is 1.59 bits per heavy atom. The van der Waals surface area contributed by atoms with Crippen LogP contribution in [-0.2, 0) is 4.79 Å². The van der Waals surface area contributed by atoms with Crippen LogP contribution in [0.4, 0.5) is 11.4 Å². The van der Waals surface area contributed by atoms with Crippen molar-refractivity contribution in [3.8, 4) is 0 Å². The maximum atomic E-state index is 11.1. The van der Waals surface area contributed by atoms with E-state index in [2.05, 4.69) is 10.6 Å². The Bertz CT molecular complexity index is 448. The van der Waals surface area contributed by atoms with Crippen LogP contribution in [0.2, 0.25) is 5.02 Å². The van der Waals surface area contributed by atoms with Crippen LogP contribution in [-0.4, -0.2) is 18.5 Å². The highest BCUT2D eigenvalue weighted by molar-refractivity contribution is 6.31. The lowest BCUT2D eigenvalue weighted by Crippen LogP contribution is -2.32. The van der Waals surface area contributed by atoms with Gasteiger partial charge in [-0.2, -0.15) is 0 Å². The fraction of sp³-hybridized carbons (Fsp3) is 0.417. The quantitative estimate of drug-likeness (QED) is 0.721. The number of rotatable bonds is 3. The minimum Gasteiger partial charge on any atom is -0.397 e. The first-order chi connectivity index (χ1) is 8.08. The number of nitrogen functional groups attached to an aromatic ring is 1. The molecule has 0 bridgehead atoms. The maximum Gasteiger partial charge on any atom is 0.220 e. The van der Waals surface area contributed by atoms with Gasteiger partial charge in [-0.05, 0) is 31.0 Å². The number of carbonyl (C=O) groups is 1. The zero-order chi connectivity index (χ0) is 12.4. The molecule has 1 fully saturated rings. The molecule has 0 radical (unpaired) electrons. The smallest absolute Gasteiger partial charge is 0.220 e. The molecular weight excluding hydrogens is 238 g/mol. The molecule has 17 heavy (non-hydrogen) atoms. The summed E-state index contributed by atoms with van der Waals surface area (Å²) < 4.78 is 0. The van der Waals surface area contributed by atoms with Crippen molar-refractivity contribution in [1.82, 2.24) is 5.32 Å². The SMILES string of the molecule is Cc1c(Cl)ccc(N)c1NCC1CCC(=O)N1. The summed E-state index contributed by atoms with van der Waals surface area (Å²) in [6, 6.07) is 3.75. The number of anilines is 2. The third kappa shape index (κ3) is 2.64. The lowest BCUT2D eigenvalue weighted by Gasteiger charge is -2.16. The van der Waals surface area contributed by atoms with Gasteiger partial charge in [0.2, 0.25) is 5.91 Å². The van der Waals surface area contributed by atoms with Gasteiger partial charge in [0.1, 0.15) is 0 Å². The number of halogens is 1. The number of nitrogens with one attached hydrogen (secondary N) is 2. The average molecular weight is 254 g/mol. The molecule has 0 aliphatic carbocycles. The molecule has 1 aliphatic heterocycles. The lowest BCUT2D eigenvalue weighted by atomic mass is 10.1. The van der Waals surface area contributed by atoms with E-state index in [-0.39, 0.29) is 11.9 Å². The van der Waals surface area contributed by atoms with Crippen molar-refractivity contribution in [2.75, 3.05) is 17.6 Å². The summed E-state index contributed by atoms with van der Waals surface area (Å²) in [5.74, 6) is 0.118. The third-order valence-corrected chi connectivity index (χ3v) is 3.45. The number of amides is 1. The van der Waals surface area contributed by atoms with E-state index < -0.39 is 0 Å². The molecule has 4 nitrogen and oxygen atoms in total. The molecule has 1 amide bonds. The van der Waals surface area contributed by atoms with Crippen LogP contribution in [0, 0.1) is 6.92 Å². The van der Waals surface area contributed by atoms with Crippen LogP contribution in [0.1, 0.15) is 18.4 Å². The van der Waals surface area contributed by atoms with Crippen LogP contribution >= 0.6 is 11.6 Å². The second-order valence-corrected chi connectivity index (χ2v) is 4.73. The summed E-state index contributed by atoms with van der Waals surface area (Å²) in [5.41, 5.74) is 8.37. The molecular formula is C12H16ClN3O. The maximum absolute atomic E-state index is 11.1. The summed E-state index contributed by atoms with van der Waals surface area (Å²) in [6.45, 7) is 2.60. The number of carbonyl (C=O) groups excluding carboxylic acids is 1. The van der Waals surface area contributed by atoms with Gasteiger partial charge < -0.3 is 16.4 Å². The van der Waals surface area contributed by atoms with Crippen molar-refractivity contribution in [3.05, 3.63) is 22.7 Å². The molecule has 92 valence electrons. The standard InChI is InChI=1S/C12H16ClN3O/c1-7-9(13)3-4-10(14)12(7)15-6-8-2-5-11(17)16-8/h3-4,8,15H,2,5-6,14H2,1H3,(H,16,17). The number of hydrogen-bond donors (Lipinski definition) is 3. The molecule has 1 saturated heterocycles. The Morgan fingerprint density at radius 2 is 2.35 bits per heavy atom. The van der Waals surface area contributed by atoms with Crippen LogP contribution < -0.4 is 16.4 Å². The molecule has 1 aromatic carbocycles. The highest BCUT2D eigenvalue weighted by Crippen LogP contribution is 2.29. The first kappa shape index (κ1) is 12.0. The molecule has 1 heterocycles. The van der Waals surface area contributed by atoms with E-state index in [1.807, 2.05) is 6.92 Å². The van der Waals surface area contributed by atoms with E-state index in [1.54, 1.807) is 12.1 Å². The van der Waals surface area contributed by atoms with Gasteiger partial charge in [-0.15, -0.1) is 0 Å². The van der Waals surface area contributed by atoms with Gasteiger partial charge in [-0.3, -0.25) is 4.79 Å². The van der Waals surface area contributed by atoms with E-state index in [0.29, 0.717) is 23.7 Å². The second kappa shape index (κ2) is 4.84. The van der Waals surface area contributed by atoms with Crippen LogP contribution in [0.5, 0.6) is 0 Å². The van der Waals surface area contributed by atoms with Crippen molar-refractivity contribution in [2.24, 2.45) is 0 Å². The predicted molar refractivity (Wildman–Crippen MR) is 70.3 cm³/mol. The lowest BCUT2D eigenvalue weighted by molar-refractivity contribution is -0.119. The molecule has 1 aromatic rings. The van der Waals surface area contributed by atoms with Crippen molar-refractivity contribution in [1.29, 1.82) is 0 Å². The van der Waals surface area contributed by atoms with E-state index in [0.717, 1.165) is 17.7 Å². The summed E-state index contributed by atoms with van der Waals surface area (Å²) in [4.78, 5) is 11.1. The van der Waals surface area contributed by atoms with Crippen molar-refractivity contribution >= 4 is 28.9 Å². The van der Waals surface area contributed by atoms with Crippen molar-refractivity contribution in [2.45, 2.75) is 25.8 Å². The Balaban J connectivity index is 2.04. The summed E-state index contributed by atoms with van der Waals surface area (Å²) in [5, 5.41) is 6.85. The van der Waals surface area contributed by atoms with Gasteiger partial charge in [0.05, 0.1) is 11.4 Å². The van der Waals surface area contributed by atoms with Crippen molar-refractivity contribution in [3.63, 3.8) is 0 Å². The van der Waals surface area contributed by atoms with Gasteiger partial charge in [0.25, 0.3) is 0 Å². The fourth-order valence-electron chi connectivity index (χ4n) is 2.00. The predicted octanol–water partition coefficient (Wildman–Crippen LogP) is 1.92. The topological polar surface area (TPSA) is 67.1 Å². The molecule has 1 aliphatic rings. The van der Waals surface area contributed by atoms with Crippen molar-refractivity contribution < 1.29 is 4.79 Å². The molecule has 0 saturated carbocycles. The number of benzene rings is 1. The number of hydrogen-bond acceptors (Lipinski definition) is 3. The van der Waals surface area contributed by atoms with Crippen LogP contribution in [0.3, 0.4) is 0 Å². The summed E-state index contributed by atoms with van der Waals surface area (Å²) in [7, 11) is 0. The highest BCUT2D eigenvalue weighted by Gasteiger charge is 2.20. The monoisotopic (exact) mass is 253 g/mol. The Morgan fingerprint density at radius 3 is 3.00 bits per heavy atom. The molecule has 1 unspecified atom stereocenters. The van der Waals surface area contributed by atoms with Gasteiger partial charge >= 0.3 is 0 Å². The molecule has 0 aromatic heterocycles. The second-order valence-electron chi connectivity index (χ2n) is 4.32. The average Bonchev–Trinajstić information content (AvgIpc) is 2.70. The zero-order valence-electron chi connectivity index (χ0n) is 9.72. The number of nitrogens with two attached hydrogens (primary N) is 1. The third-order valence-electron chi connectivity index (χ3n) is 3.04. The summed E-state index contributed by atoms with van der Waals surface area (Å²) in [6.07, 6.45) is 1.47. The minimum absolute atomic E-state index is 0.118. The fourth-order valence-corrected chi connectivity index (χ4v) is 2.16. The van der Waals surface area contributed by atoms with Gasteiger partial charge in [-0.25, -0.2) is 0 Å². The highest BCUT2D eigenvalue weighted by atomic mass is 35.5. The van der Waals surface area contributed by atoms with E-state index in [4.69, 9.17) is 17.3 Å². The molecule has 0 spiro atoms. The van der Waals surface area contributed by atoms with E-state index in [9.17, 15) is 4.79 Å². The van der Waals surface area contributed by atoms with Crippen LogP contribution in [0.25, 0.3) is 0 Å². The largest absolute Gasteiger partial charge is 0.397 e. The molecule has 2 rings (SSSR count). The van der Waals surface area contributed by atoms with Gasteiger partial charge in [-0.1, -0.05) is 11.6 Å². The normalized spacial score (nSPS) is 19.2. The summed E-state index contributed by atoms with van der Waals surface area (Å²) >= 11 is 6.04. The Labute approximate surface area is 106 Å². The Kier molecular flexibility index (Phi) is 3.43. The Hall–Kier alpha value is -1.42.